The van der Waals surface area contributed by atoms with Crippen molar-refractivity contribution in [1.29, 1.82) is 0 Å². The number of benzene rings is 1. The van der Waals surface area contributed by atoms with Crippen LogP contribution in [-0.2, 0) is 10.2 Å². The number of hydrogen-bond donors (Lipinski definition) is 0. The molecule has 0 radical (unpaired) electrons. The zero-order chi connectivity index (χ0) is 22.6. The molecule has 172 valence electrons. The van der Waals surface area contributed by atoms with Crippen molar-refractivity contribution in [2.75, 3.05) is 6.54 Å². The molecular formula is C27H31N3OS2. The van der Waals surface area contributed by atoms with Gasteiger partial charge < -0.3 is 0 Å². The van der Waals surface area contributed by atoms with Crippen LogP contribution >= 0.6 is 24.0 Å². The maximum absolute atomic E-state index is 13.2. The van der Waals surface area contributed by atoms with E-state index in [4.69, 9.17) is 17.3 Å². The average Bonchev–Trinajstić information content (AvgIpc) is 3.34. The molecular weight excluding hydrogens is 446 g/mol. The van der Waals surface area contributed by atoms with E-state index in [2.05, 4.69) is 43.5 Å². The molecule has 5 fully saturated rings. The Morgan fingerprint density at radius 2 is 1.79 bits per heavy atom. The van der Waals surface area contributed by atoms with Crippen LogP contribution < -0.4 is 0 Å². The molecule has 5 aliphatic rings. The highest BCUT2D eigenvalue weighted by Crippen LogP contribution is 2.61. The Labute approximate surface area is 205 Å². The molecule has 0 N–H and O–H groups in total. The van der Waals surface area contributed by atoms with Gasteiger partial charge >= 0.3 is 0 Å². The second-order valence-electron chi connectivity index (χ2n) is 10.6. The van der Waals surface area contributed by atoms with E-state index in [0.717, 1.165) is 46.8 Å². The van der Waals surface area contributed by atoms with Gasteiger partial charge in [-0.05, 0) is 80.9 Å². The van der Waals surface area contributed by atoms with Crippen LogP contribution in [0.2, 0.25) is 0 Å². The molecule has 6 heteroatoms. The Hall–Kier alpha value is -1.92. The van der Waals surface area contributed by atoms with Gasteiger partial charge in [0, 0.05) is 23.7 Å². The first-order chi connectivity index (χ1) is 16.0. The van der Waals surface area contributed by atoms with Crippen molar-refractivity contribution in [2.24, 2.45) is 17.8 Å². The number of carbonyl (C=O) groups is 1. The lowest BCUT2D eigenvalue weighted by atomic mass is 9.48. The van der Waals surface area contributed by atoms with Gasteiger partial charge in [-0.2, -0.15) is 5.10 Å². The van der Waals surface area contributed by atoms with Crippen molar-refractivity contribution < 1.29 is 4.79 Å². The van der Waals surface area contributed by atoms with Crippen LogP contribution in [0.1, 0.15) is 69.5 Å². The van der Waals surface area contributed by atoms with Crippen LogP contribution in [0.3, 0.4) is 0 Å². The van der Waals surface area contributed by atoms with E-state index in [0.29, 0.717) is 10.9 Å². The molecule has 1 amide bonds. The van der Waals surface area contributed by atoms with Crippen molar-refractivity contribution in [1.82, 2.24) is 14.7 Å². The van der Waals surface area contributed by atoms with Crippen molar-refractivity contribution in [3.05, 3.63) is 52.7 Å². The van der Waals surface area contributed by atoms with E-state index >= 15 is 0 Å². The number of nitrogens with zero attached hydrogens (tertiary/aromatic N) is 3. The minimum Gasteiger partial charge on any atom is -0.293 e. The molecule has 2 aromatic rings. The number of hydrogen-bond acceptors (Lipinski definition) is 4. The van der Waals surface area contributed by atoms with Crippen molar-refractivity contribution in [3.8, 4) is 5.69 Å². The summed E-state index contributed by atoms with van der Waals surface area (Å²) in [5.74, 6) is 2.59. The number of para-hydroxylation sites is 1. The van der Waals surface area contributed by atoms with Gasteiger partial charge in [0.1, 0.15) is 4.32 Å². The average molecular weight is 478 g/mol. The van der Waals surface area contributed by atoms with Gasteiger partial charge in [0.25, 0.3) is 5.91 Å². The van der Waals surface area contributed by atoms with Gasteiger partial charge in [0.2, 0.25) is 0 Å². The third-order valence-electron chi connectivity index (χ3n) is 8.20. The summed E-state index contributed by atoms with van der Waals surface area (Å²) in [4.78, 5) is 15.7. The number of amides is 1. The number of unbranched alkanes of at least 4 members (excludes halogenated alkanes) is 1. The molecule has 1 aromatic carbocycles. The number of thioether (sulfide) groups is 1. The number of thiocarbonyl (C=S) groups is 1. The zero-order valence-corrected chi connectivity index (χ0v) is 20.8. The second-order valence-corrected chi connectivity index (χ2v) is 12.3. The molecule has 0 atom stereocenters. The van der Waals surface area contributed by atoms with Crippen LogP contribution in [-0.4, -0.2) is 31.5 Å². The Kier molecular flexibility index (Phi) is 5.49. The molecule has 7 rings (SSSR count). The predicted molar refractivity (Wildman–Crippen MR) is 138 cm³/mol. The number of aromatic nitrogens is 2. The first-order valence-electron chi connectivity index (χ1n) is 12.5. The Morgan fingerprint density at radius 3 is 2.42 bits per heavy atom. The van der Waals surface area contributed by atoms with Crippen LogP contribution in [0.15, 0.2) is 41.4 Å². The van der Waals surface area contributed by atoms with E-state index in [-0.39, 0.29) is 11.3 Å². The van der Waals surface area contributed by atoms with Crippen LogP contribution in [0.4, 0.5) is 0 Å². The molecule has 2 heterocycles. The topological polar surface area (TPSA) is 38.1 Å². The SMILES string of the molecule is CCCCN1C(=O)/C(=C/c2cn(-c3ccccc3)nc2C23CC4CC(CC(C4)C2)C3)SC1=S. The van der Waals surface area contributed by atoms with Gasteiger partial charge in [0.15, 0.2) is 0 Å². The quantitative estimate of drug-likeness (QED) is 0.359. The predicted octanol–water partition coefficient (Wildman–Crippen LogP) is 6.34. The highest BCUT2D eigenvalue weighted by atomic mass is 32.2. The highest BCUT2D eigenvalue weighted by Gasteiger charge is 2.53. The molecule has 1 saturated heterocycles. The minimum atomic E-state index is 0.0578. The summed E-state index contributed by atoms with van der Waals surface area (Å²) in [7, 11) is 0. The van der Waals surface area contributed by atoms with E-state index in [1.165, 1.54) is 56.0 Å². The lowest BCUT2D eigenvalue weighted by Crippen LogP contribution is -2.49. The molecule has 4 bridgehead atoms. The molecule has 0 spiro atoms. The van der Waals surface area contributed by atoms with Crippen molar-refractivity contribution >= 4 is 40.3 Å². The van der Waals surface area contributed by atoms with Gasteiger partial charge in [0.05, 0.1) is 16.3 Å². The Bertz CT molecular complexity index is 1080. The monoisotopic (exact) mass is 477 g/mol. The third-order valence-corrected chi connectivity index (χ3v) is 9.58. The van der Waals surface area contributed by atoms with Gasteiger partial charge in [-0.25, -0.2) is 4.68 Å². The maximum atomic E-state index is 13.2. The first kappa shape index (κ1) is 21.6. The Morgan fingerprint density at radius 1 is 1.12 bits per heavy atom. The van der Waals surface area contributed by atoms with Gasteiger partial charge in [-0.1, -0.05) is 55.5 Å². The standard InChI is InChI=1S/C27H31N3OS2/c1-2-3-9-29-25(31)23(33-26(29)32)13-21-17-30(22-7-5-4-6-8-22)28-24(21)27-14-18-10-19(15-27)12-20(11-18)16-27/h4-8,13,17-20H,2-3,9-12,14-16H2,1H3/b23-13-. The fourth-order valence-electron chi connectivity index (χ4n) is 7.17. The molecule has 1 aromatic heterocycles. The van der Waals surface area contributed by atoms with Crippen LogP contribution in [0, 0.1) is 17.8 Å². The second kappa shape index (κ2) is 8.38. The fraction of sp³-hybridized carbons (Fsp3) is 0.519. The van der Waals surface area contributed by atoms with E-state index in [1.54, 1.807) is 4.90 Å². The Balaban J connectivity index is 1.42. The number of carbonyl (C=O) groups excluding carboxylic acids is 1. The minimum absolute atomic E-state index is 0.0578. The van der Waals surface area contributed by atoms with Crippen LogP contribution in [0.5, 0.6) is 0 Å². The number of rotatable bonds is 6. The molecule has 1 aliphatic heterocycles. The van der Waals surface area contributed by atoms with Gasteiger partial charge in [-0.3, -0.25) is 9.69 Å². The lowest BCUT2D eigenvalue weighted by molar-refractivity contribution is -0.122. The zero-order valence-electron chi connectivity index (χ0n) is 19.2. The summed E-state index contributed by atoms with van der Waals surface area (Å²) in [6.07, 6.45) is 14.2. The normalized spacial score (nSPS) is 31.8. The summed E-state index contributed by atoms with van der Waals surface area (Å²) in [5, 5.41) is 5.23. The smallest absolute Gasteiger partial charge is 0.266 e. The summed E-state index contributed by atoms with van der Waals surface area (Å²) in [6.45, 7) is 2.85. The summed E-state index contributed by atoms with van der Waals surface area (Å²) >= 11 is 7.01. The third kappa shape index (κ3) is 3.79. The molecule has 0 unspecified atom stereocenters. The fourth-order valence-corrected chi connectivity index (χ4v) is 8.47. The van der Waals surface area contributed by atoms with Crippen LogP contribution in [0.25, 0.3) is 11.8 Å². The van der Waals surface area contributed by atoms with E-state index < -0.39 is 0 Å². The van der Waals surface area contributed by atoms with E-state index in [1.807, 2.05) is 10.7 Å². The molecule has 4 saturated carbocycles. The molecule has 33 heavy (non-hydrogen) atoms. The largest absolute Gasteiger partial charge is 0.293 e. The first-order valence-corrected chi connectivity index (χ1v) is 13.7. The van der Waals surface area contributed by atoms with Crippen molar-refractivity contribution in [2.45, 2.75) is 63.7 Å². The highest BCUT2D eigenvalue weighted by molar-refractivity contribution is 8.26. The molecule has 4 aliphatic carbocycles. The summed E-state index contributed by atoms with van der Waals surface area (Å²) < 4.78 is 2.71. The van der Waals surface area contributed by atoms with Crippen molar-refractivity contribution in [3.63, 3.8) is 0 Å². The summed E-state index contributed by atoms with van der Waals surface area (Å²) in [6, 6.07) is 10.4. The summed E-state index contributed by atoms with van der Waals surface area (Å²) in [5.41, 5.74) is 3.55. The maximum Gasteiger partial charge on any atom is 0.266 e. The lowest BCUT2D eigenvalue weighted by Gasteiger charge is -2.56. The van der Waals surface area contributed by atoms with Gasteiger partial charge in [-0.15, -0.1) is 0 Å². The van der Waals surface area contributed by atoms with E-state index in [9.17, 15) is 4.79 Å². The molecule has 4 nitrogen and oxygen atoms in total.